The van der Waals surface area contributed by atoms with Crippen LogP contribution in [0.5, 0.6) is 11.5 Å². The Hall–Kier alpha value is -3.76. The molecular weight excluding hydrogens is 504 g/mol. The summed E-state index contributed by atoms with van der Waals surface area (Å²) in [5.41, 5.74) is 0.232. The molecule has 0 aromatic heterocycles. The van der Waals surface area contributed by atoms with E-state index in [0.29, 0.717) is 36.3 Å². The molecule has 2 atom stereocenters. The van der Waals surface area contributed by atoms with Crippen LogP contribution < -0.4 is 20.1 Å². The topological polar surface area (TPSA) is 129 Å². The average molecular weight is 541 g/mol. The minimum Gasteiger partial charge on any atom is -0.497 e. The fourth-order valence-corrected chi connectivity index (χ4v) is 4.72. The smallest absolute Gasteiger partial charge is 0.304 e. The third-order valence-corrected chi connectivity index (χ3v) is 6.70. The normalized spacial score (nSPS) is 20.9. The molecule has 0 aliphatic heterocycles. The monoisotopic (exact) mass is 540 g/mol. The van der Waals surface area contributed by atoms with Gasteiger partial charge < -0.3 is 18.9 Å². The lowest BCUT2D eigenvalue weighted by Crippen LogP contribution is -2.52. The molecule has 0 spiro atoms. The molecule has 0 fully saturated rings. The highest BCUT2D eigenvalue weighted by Crippen LogP contribution is 2.34. The van der Waals surface area contributed by atoms with E-state index in [4.69, 9.17) is 18.9 Å². The van der Waals surface area contributed by atoms with Crippen LogP contribution in [0.1, 0.15) is 65.5 Å². The standard InChI is InChI=1S/C16H21NO4.C13H15NO4/c1-4-5-8-20-13-6-7-14-12(9-13)10-16(17-3,15(14)19)21-11(2)18;1-8(15)18-13(14-2)7-9-6-10(17-3)4-5-11(9)12(13)16/h6-7,9,17H,4-5,8,10H2,1-3H3;4-6,14H,7H2,1-3H3. The molecule has 10 nitrogen and oxygen atoms in total. The van der Waals surface area contributed by atoms with Crippen molar-refractivity contribution in [2.75, 3.05) is 27.8 Å². The Bertz CT molecular complexity index is 1260. The number of esters is 2. The van der Waals surface area contributed by atoms with E-state index < -0.39 is 23.4 Å². The lowest BCUT2D eigenvalue weighted by atomic mass is 10.1. The van der Waals surface area contributed by atoms with E-state index in [1.165, 1.54) is 13.8 Å². The third kappa shape index (κ3) is 6.29. The highest BCUT2D eigenvalue weighted by molar-refractivity contribution is 6.08. The Morgan fingerprint density at radius 2 is 1.28 bits per heavy atom. The summed E-state index contributed by atoms with van der Waals surface area (Å²) in [7, 11) is 4.78. The van der Waals surface area contributed by atoms with E-state index >= 15 is 0 Å². The molecule has 0 bridgehead atoms. The molecule has 2 N–H and O–H groups in total. The van der Waals surface area contributed by atoms with E-state index in [0.717, 1.165) is 29.7 Å². The molecular formula is C29H36N2O8. The second kappa shape index (κ2) is 12.4. The summed E-state index contributed by atoms with van der Waals surface area (Å²) in [6.45, 7) is 5.35. The van der Waals surface area contributed by atoms with Crippen LogP contribution in [0.4, 0.5) is 0 Å². The van der Waals surface area contributed by atoms with E-state index in [2.05, 4.69) is 17.6 Å². The lowest BCUT2D eigenvalue weighted by Gasteiger charge is -2.25. The molecule has 0 saturated carbocycles. The van der Waals surface area contributed by atoms with Crippen LogP contribution in [0.3, 0.4) is 0 Å². The molecule has 2 aliphatic carbocycles. The van der Waals surface area contributed by atoms with Crippen molar-refractivity contribution in [3.63, 3.8) is 0 Å². The predicted octanol–water partition coefficient (Wildman–Crippen LogP) is 3.00. The first-order valence-corrected chi connectivity index (χ1v) is 12.8. The van der Waals surface area contributed by atoms with Gasteiger partial charge in [-0.15, -0.1) is 0 Å². The molecule has 0 radical (unpaired) electrons. The Morgan fingerprint density at radius 3 is 1.69 bits per heavy atom. The van der Waals surface area contributed by atoms with Crippen LogP contribution in [0.15, 0.2) is 36.4 Å². The zero-order valence-corrected chi connectivity index (χ0v) is 23.3. The SMILES string of the molecule is CCCCOc1ccc2c(c1)CC(NC)(OC(C)=O)C2=O.CNC1(OC(C)=O)Cc2cc(OC)ccc2C1=O. The quantitative estimate of drug-likeness (QED) is 0.278. The number of hydrogen-bond donors (Lipinski definition) is 2. The maximum atomic E-state index is 12.5. The minimum atomic E-state index is -1.28. The number of hydrogen-bond acceptors (Lipinski definition) is 10. The Kier molecular flexibility index (Phi) is 9.47. The summed E-state index contributed by atoms with van der Waals surface area (Å²) in [5, 5.41) is 5.65. The van der Waals surface area contributed by atoms with Crippen molar-refractivity contribution in [2.45, 2.75) is 57.9 Å². The average Bonchev–Trinajstić information content (AvgIpc) is 3.33. The molecule has 0 heterocycles. The highest BCUT2D eigenvalue weighted by atomic mass is 16.6. The number of rotatable bonds is 9. The van der Waals surface area contributed by atoms with Gasteiger partial charge in [-0.3, -0.25) is 29.8 Å². The Morgan fingerprint density at radius 1 is 0.821 bits per heavy atom. The molecule has 2 aliphatic rings. The molecule has 2 aromatic carbocycles. The second-order valence-corrected chi connectivity index (χ2v) is 9.40. The molecule has 2 unspecified atom stereocenters. The number of Topliss-reactive ketones (excluding diaryl/α,β-unsaturated/α-hetero) is 2. The first-order valence-electron chi connectivity index (χ1n) is 12.8. The highest BCUT2D eigenvalue weighted by Gasteiger charge is 2.48. The molecule has 0 saturated heterocycles. The molecule has 0 amide bonds. The van der Waals surface area contributed by atoms with Gasteiger partial charge >= 0.3 is 11.9 Å². The van der Waals surface area contributed by atoms with Gasteiger partial charge in [0, 0.05) is 37.8 Å². The number of ether oxygens (including phenoxy) is 4. The summed E-state index contributed by atoms with van der Waals surface area (Å²) in [5.74, 6) is 0.0107. The molecule has 10 heteroatoms. The Labute approximate surface area is 228 Å². The largest absolute Gasteiger partial charge is 0.497 e. The minimum absolute atomic E-state index is 0.213. The van der Waals surface area contributed by atoms with Crippen molar-refractivity contribution in [2.24, 2.45) is 0 Å². The van der Waals surface area contributed by atoms with Crippen molar-refractivity contribution >= 4 is 23.5 Å². The number of carbonyl (C=O) groups excluding carboxylic acids is 4. The number of ketones is 2. The first-order chi connectivity index (χ1) is 18.5. The lowest BCUT2D eigenvalue weighted by molar-refractivity contribution is -0.155. The van der Waals surface area contributed by atoms with Gasteiger partial charge in [-0.2, -0.15) is 0 Å². The van der Waals surface area contributed by atoms with Crippen molar-refractivity contribution in [3.05, 3.63) is 58.7 Å². The van der Waals surface area contributed by atoms with Gasteiger partial charge in [-0.25, -0.2) is 0 Å². The summed E-state index contributed by atoms with van der Waals surface area (Å²) >= 11 is 0. The van der Waals surface area contributed by atoms with Crippen LogP contribution in [-0.2, 0) is 31.9 Å². The van der Waals surface area contributed by atoms with E-state index in [9.17, 15) is 19.2 Å². The van der Waals surface area contributed by atoms with Gasteiger partial charge in [0.1, 0.15) is 11.5 Å². The van der Waals surface area contributed by atoms with Gasteiger partial charge in [0.15, 0.2) is 0 Å². The van der Waals surface area contributed by atoms with Crippen molar-refractivity contribution in [3.8, 4) is 11.5 Å². The number of methoxy groups -OCH3 is 1. The second-order valence-electron chi connectivity index (χ2n) is 9.40. The van der Waals surface area contributed by atoms with Crippen molar-refractivity contribution in [1.82, 2.24) is 10.6 Å². The van der Waals surface area contributed by atoms with Gasteiger partial charge in [0.25, 0.3) is 0 Å². The molecule has 4 rings (SSSR count). The maximum Gasteiger partial charge on any atom is 0.304 e. The molecule has 210 valence electrons. The summed E-state index contributed by atoms with van der Waals surface area (Å²) in [6, 6.07) is 10.6. The summed E-state index contributed by atoms with van der Waals surface area (Å²) in [6.07, 6.45) is 2.69. The van der Waals surface area contributed by atoms with Gasteiger partial charge in [-0.1, -0.05) is 13.3 Å². The zero-order valence-electron chi connectivity index (χ0n) is 23.3. The number of likely N-dealkylation sites (N-methyl/N-ethyl adjacent to an activating group) is 2. The van der Waals surface area contributed by atoms with E-state index in [1.54, 1.807) is 51.5 Å². The Balaban J connectivity index is 0.000000218. The number of fused-ring (bicyclic) bond motifs is 2. The van der Waals surface area contributed by atoms with E-state index in [-0.39, 0.29) is 11.6 Å². The summed E-state index contributed by atoms with van der Waals surface area (Å²) in [4.78, 5) is 47.2. The van der Waals surface area contributed by atoms with Crippen LogP contribution in [0.25, 0.3) is 0 Å². The van der Waals surface area contributed by atoms with Crippen molar-refractivity contribution in [1.29, 1.82) is 0 Å². The van der Waals surface area contributed by atoms with Crippen LogP contribution in [-0.4, -0.2) is 62.8 Å². The first kappa shape index (κ1) is 29.8. The number of unbranched alkanes of at least 4 members (excludes halogenated alkanes) is 1. The third-order valence-electron chi connectivity index (χ3n) is 6.70. The summed E-state index contributed by atoms with van der Waals surface area (Å²) < 4.78 is 21.2. The zero-order chi connectivity index (χ0) is 28.8. The number of nitrogens with one attached hydrogen (secondary N) is 2. The van der Waals surface area contributed by atoms with Gasteiger partial charge in [0.05, 0.1) is 13.7 Å². The van der Waals surface area contributed by atoms with Crippen LogP contribution in [0.2, 0.25) is 0 Å². The van der Waals surface area contributed by atoms with Crippen LogP contribution in [0, 0.1) is 0 Å². The van der Waals surface area contributed by atoms with Crippen molar-refractivity contribution < 1.29 is 38.1 Å². The predicted molar refractivity (Wildman–Crippen MR) is 143 cm³/mol. The molecule has 2 aromatic rings. The van der Waals surface area contributed by atoms with E-state index in [1.807, 2.05) is 6.07 Å². The van der Waals surface area contributed by atoms with Crippen LogP contribution >= 0.6 is 0 Å². The number of benzene rings is 2. The fourth-order valence-electron chi connectivity index (χ4n) is 4.72. The fraction of sp³-hybridized carbons (Fsp3) is 0.448. The van der Waals surface area contributed by atoms with Gasteiger partial charge in [-0.05, 0) is 68.0 Å². The van der Waals surface area contributed by atoms with Gasteiger partial charge in [0.2, 0.25) is 23.0 Å². The number of carbonyl (C=O) groups is 4. The maximum absolute atomic E-state index is 12.5. The molecule has 39 heavy (non-hydrogen) atoms.